The Morgan fingerprint density at radius 1 is 0.969 bits per heavy atom. The molecular formula is C24H16BrF2N3OS. The smallest absolute Gasteiger partial charge is 0.174 e. The fraction of sp³-hybridized carbons (Fsp3) is 0.0833. The maximum Gasteiger partial charge on any atom is 0.174 e. The zero-order chi connectivity index (χ0) is 22.2. The lowest BCUT2D eigenvalue weighted by Gasteiger charge is -2.26. The highest BCUT2D eigenvalue weighted by molar-refractivity contribution is 9.10. The molecule has 8 heteroatoms. The highest BCUT2D eigenvalue weighted by Gasteiger charge is 2.43. The van der Waals surface area contributed by atoms with Crippen LogP contribution < -0.4 is 10.2 Å². The molecule has 0 saturated carbocycles. The Kier molecular flexibility index (Phi) is 5.48. The molecule has 0 radical (unpaired) electrons. The van der Waals surface area contributed by atoms with Gasteiger partial charge in [0.25, 0.3) is 0 Å². The maximum absolute atomic E-state index is 14.8. The minimum atomic E-state index is -0.526. The summed E-state index contributed by atoms with van der Waals surface area (Å²) >= 11 is 8.85. The Balaban J connectivity index is 1.62. The maximum atomic E-state index is 14.8. The average Bonchev–Trinajstić information content (AvgIpc) is 3.39. The van der Waals surface area contributed by atoms with Crippen molar-refractivity contribution in [1.29, 1.82) is 0 Å². The lowest BCUT2D eigenvalue weighted by atomic mass is 10.0. The largest absolute Gasteiger partial charge is 0.459 e. The number of nitrogens with zero attached hydrogens (tertiary/aromatic N) is 2. The molecule has 1 N–H and O–H groups in total. The number of para-hydroxylation sites is 1. The van der Waals surface area contributed by atoms with Gasteiger partial charge in [-0.1, -0.05) is 34.1 Å². The number of nitrogens with one attached hydrogen (secondary N) is 1. The van der Waals surface area contributed by atoms with E-state index < -0.39 is 23.7 Å². The van der Waals surface area contributed by atoms with Crippen LogP contribution in [0, 0.1) is 11.6 Å². The fourth-order valence-electron chi connectivity index (χ4n) is 3.90. The molecule has 32 heavy (non-hydrogen) atoms. The first-order valence-corrected chi connectivity index (χ1v) is 11.0. The van der Waals surface area contributed by atoms with Gasteiger partial charge in [-0.05, 0) is 66.8 Å². The van der Waals surface area contributed by atoms with Crippen molar-refractivity contribution in [2.45, 2.75) is 12.1 Å². The Bertz CT molecular complexity index is 1300. The summed E-state index contributed by atoms with van der Waals surface area (Å²) in [4.78, 5) is 6.15. The SMILES string of the molecule is Fc1cc(Br)ccc1-c1ccc([C@H]2[C@@H](c3ccccn3)NC(=S)N2c2ccccc2F)o1. The van der Waals surface area contributed by atoms with E-state index in [1.54, 1.807) is 53.6 Å². The van der Waals surface area contributed by atoms with Crippen molar-refractivity contribution in [2.75, 3.05) is 4.90 Å². The van der Waals surface area contributed by atoms with E-state index in [1.807, 2.05) is 18.2 Å². The van der Waals surface area contributed by atoms with Crippen LogP contribution in [-0.2, 0) is 0 Å². The lowest BCUT2D eigenvalue weighted by molar-refractivity contribution is 0.436. The highest BCUT2D eigenvalue weighted by Crippen LogP contribution is 2.43. The summed E-state index contributed by atoms with van der Waals surface area (Å²) in [5.41, 5.74) is 1.38. The van der Waals surface area contributed by atoms with E-state index in [0.717, 1.165) is 5.69 Å². The summed E-state index contributed by atoms with van der Waals surface area (Å²) in [6.07, 6.45) is 1.69. The Morgan fingerprint density at radius 3 is 2.53 bits per heavy atom. The molecule has 1 saturated heterocycles. The van der Waals surface area contributed by atoms with Gasteiger partial charge in [-0.2, -0.15) is 0 Å². The van der Waals surface area contributed by atoms with Gasteiger partial charge in [-0.3, -0.25) is 4.98 Å². The van der Waals surface area contributed by atoms with Crippen LogP contribution in [0.4, 0.5) is 14.5 Å². The Labute approximate surface area is 197 Å². The van der Waals surface area contributed by atoms with E-state index >= 15 is 0 Å². The predicted octanol–water partition coefficient (Wildman–Crippen LogP) is 6.56. The van der Waals surface area contributed by atoms with E-state index in [9.17, 15) is 8.78 Å². The number of halogens is 3. The molecule has 0 spiro atoms. The van der Waals surface area contributed by atoms with Crippen molar-refractivity contribution in [3.63, 3.8) is 0 Å². The summed E-state index contributed by atoms with van der Waals surface area (Å²) < 4.78 is 36.0. The third kappa shape index (κ3) is 3.69. The van der Waals surface area contributed by atoms with E-state index in [0.29, 0.717) is 32.4 Å². The van der Waals surface area contributed by atoms with Crippen LogP contribution in [0.1, 0.15) is 23.5 Å². The molecule has 1 fully saturated rings. The summed E-state index contributed by atoms with van der Waals surface area (Å²) in [6.45, 7) is 0. The third-order valence-electron chi connectivity index (χ3n) is 5.32. The van der Waals surface area contributed by atoms with Gasteiger partial charge >= 0.3 is 0 Å². The molecular weight excluding hydrogens is 496 g/mol. The van der Waals surface area contributed by atoms with Crippen molar-refractivity contribution in [1.82, 2.24) is 10.3 Å². The molecule has 4 aromatic rings. The molecule has 1 aliphatic heterocycles. The van der Waals surface area contributed by atoms with Crippen molar-refractivity contribution in [2.24, 2.45) is 0 Å². The van der Waals surface area contributed by atoms with Crippen LogP contribution in [0.5, 0.6) is 0 Å². The quantitative estimate of drug-likeness (QED) is 0.314. The molecule has 0 aliphatic carbocycles. The molecule has 2 atom stereocenters. The van der Waals surface area contributed by atoms with Gasteiger partial charge in [0.2, 0.25) is 0 Å². The van der Waals surface area contributed by atoms with Crippen LogP contribution in [0.25, 0.3) is 11.3 Å². The topological polar surface area (TPSA) is 41.3 Å². The van der Waals surface area contributed by atoms with Crippen LogP contribution in [-0.4, -0.2) is 10.1 Å². The number of hydrogen-bond donors (Lipinski definition) is 1. The normalized spacial score (nSPS) is 18.1. The van der Waals surface area contributed by atoms with Crippen LogP contribution in [0.2, 0.25) is 0 Å². The molecule has 0 unspecified atom stereocenters. The summed E-state index contributed by atoms with van der Waals surface area (Å²) in [5.74, 6) is 0.0614. The first kappa shape index (κ1) is 20.8. The molecule has 4 nitrogen and oxygen atoms in total. The lowest BCUT2D eigenvalue weighted by Crippen LogP contribution is -2.30. The zero-order valence-electron chi connectivity index (χ0n) is 16.5. The first-order chi connectivity index (χ1) is 15.5. The number of thiocarbonyl (C=S) groups is 1. The minimum absolute atomic E-state index is 0.321. The van der Waals surface area contributed by atoms with Gasteiger partial charge in [0.15, 0.2) is 5.11 Å². The number of anilines is 1. The van der Waals surface area contributed by atoms with E-state index in [4.69, 9.17) is 16.6 Å². The van der Waals surface area contributed by atoms with Crippen molar-refractivity contribution >= 4 is 38.9 Å². The van der Waals surface area contributed by atoms with Gasteiger partial charge in [-0.25, -0.2) is 8.78 Å². The third-order valence-corrected chi connectivity index (χ3v) is 6.13. The Hall–Kier alpha value is -3.10. The van der Waals surface area contributed by atoms with Gasteiger partial charge in [0, 0.05) is 10.7 Å². The number of rotatable bonds is 4. The predicted molar refractivity (Wildman–Crippen MR) is 126 cm³/mol. The molecule has 0 bridgehead atoms. The molecule has 160 valence electrons. The van der Waals surface area contributed by atoms with Gasteiger partial charge in [-0.15, -0.1) is 0 Å². The van der Waals surface area contributed by atoms with Crippen molar-refractivity contribution < 1.29 is 13.2 Å². The second-order valence-electron chi connectivity index (χ2n) is 7.27. The van der Waals surface area contributed by atoms with Crippen LogP contribution >= 0.6 is 28.1 Å². The summed E-state index contributed by atoms with van der Waals surface area (Å²) in [7, 11) is 0. The summed E-state index contributed by atoms with van der Waals surface area (Å²) in [6, 6.07) is 19.3. The molecule has 2 aromatic carbocycles. The first-order valence-electron chi connectivity index (χ1n) is 9.83. The standard InChI is InChI=1S/C24H16BrF2N3OS/c25-14-8-9-15(17(27)13-14)20-10-11-21(31-20)23-22(18-6-3-4-12-28-18)29-24(32)30(23)19-7-2-1-5-16(19)26/h1-13,22-23H,(H,29,32)/t22-,23+/m1/s1. The fourth-order valence-corrected chi connectivity index (χ4v) is 4.57. The van der Waals surface area contributed by atoms with Gasteiger partial charge in [0.1, 0.15) is 29.2 Å². The van der Waals surface area contributed by atoms with Crippen LogP contribution in [0.3, 0.4) is 0 Å². The molecule has 3 heterocycles. The number of furan rings is 1. The second-order valence-corrected chi connectivity index (χ2v) is 8.58. The minimum Gasteiger partial charge on any atom is -0.459 e. The summed E-state index contributed by atoms with van der Waals surface area (Å²) in [5, 5.41) is 3.60. The second kappa shape index (κ2) is 8.44. The Morgan fingerprint density at radius 2 is 1.78 bits per heavy atom. The molecule has 0 amide bonds. The zero-order valence-corrected chi connectivity index (χ0v) is 18.9. The van der Waals surface area contributed by atoms with Crippen molar-refractivity contribution in [3.8, 4) is 11.3 Å². The van der Waals surface area contributed by atoms with E-state index in [2.05, 4.69) is 26.2 Å². The van der Waals surface area contributed by atoms with Gasteiger partial charge < -0.3 is 14.6 Å². The van der Waals surface area contributed by atoms with Gasteiger partial charge in [0.05, 0.1) is 23.0 Å². The average molecular weight is 512 g/mol. The molecule has 1 aliphatic rings. The van der Waals surface area contributed by atoms with E-state index in [1.165, 1.54) is 12.1 Å². The van der Waals surface area contributed by atoms with Crippen LogP contribution in [0.15, 0.2) is 87.9 Å². The molecule has 5 rings (SSSR count). The van der Waals surface area contributed by atoms with E-state index in [-0.39, 0.29) is 0 Å². The molecule has 2 aromatic heterocycles. The monoisotopic (exact) mass is 511 g/mol. The number of benzene rings is 2. The number of pyridine rings is 1. The highest BCUT2D eigenvalue weighted by atomic mass is 79.9. The van der Waals surface area contributed by atoms with Crippen molar-refractivity contribution in [3.05, 3.63) is 107 Å². The number of aromatic nitrogens is 1. The number of hydrogen-bond acceptors (Lipinski definition) is 3.